The van der Waals surface area contributed by atoms with Gasteiger partial charge in [-0.25, -0.2) is 0 Å². The van der Waals surface area contributed by atoms with Gasteiger partial charge in [-0.2, -0.15) is 11.8 Å². The van der Waals surface area contributed by atoms with Crippen molar-refractivity contribution in [3.05, 3.63) is 35.9 Å². The van der Waals surface area contributed by atoms with Crippen molar-refractivity contribution in [3.8, 4) is 0 Å². The molecule has 1 aromatic rings. The molecule has 15 heavy (non-hydrogen) atoms. The highest BCUT2D eigenvalue weighted by atomic mass is 32.2. The first kappa shape index (κ1) is 12.1. The maximum Gasteiger partial charge on any atom is 0.229 e. The number of carbonyl (C=O) groups is 1. The molecule has 0 fully saturated rings. The van der Waals surface area contributed by atoms with Gasteiger partial charge in [-0.05, 0) is 24.7 Å². The second-order valence-corrected chi connectivity index (χ2v) is 4.35. The largest absolute Gasteiger partial charge is 0.356 e. The lowest BCUT2D eigenvalue weighted by molar-refractivity contribution is -0.118. The Labute approximate surface area is 95.5 Å². The normalized spacial score (nSPS) is 9.93. The van der Waals surface area contributed by atoms with E-state index in [9.17, 15) is 4.79 Å². The van der Waals surface area contributed by atoms with Crippen molar-refractivity contribution in [2.45, 2.75) is 13.3 Å². The Morgan fingerprint density at radius 1 is 1.33 bits per heavy atom. The zero-order valence-corrected chi connectivity index (χ0v) is 9.85. The number of benzene rings is 1. The van der Waals surface area contributed by atoms with Gasteiger partial charge in [0.05, 0.1) is 5.75 Å². The molecule has 0 aromatic heterocycles. The fourth-order valence-electron chi connectivity index (χ4n) is 1.25. The lowest BCUT2D eigenvalue weighted by atomic mass is 10.2. The fourth-order valence-corrected chi connectivity index (χ4v) is 2.06. The molecule has 3 heteroatoms. The van der Waals surface area contributed by atoms with Crippen LogP contribution in [0.4, 0.5) is 0 Å². The van der Waals surface area contributed by atoms with Crippen LogP contribution in [0.25, 0.3) is 0 Å². The van der Waals surface area contributed by atoms with Crippen molar-refractivity contribution < 1.29 is 4.79 Å². The molecule has 0 saturated carbocycles. The third-order valence-corrected chi connectivity index (χ3v) is 2.94. The first-order chi connectivity index (χ1) is 7.33. The molecule has 1 N–H and O–H groups in total. The summed E-state index contributed by atoms with van der Waals surface area (Å²) < 4.78 is 0. The van der Waals surface area contributed by atoms with Gasteiger partial charge in [0.15, 0.2) is 0 Å². The number of hydrogen-bond donors (Lipinski definition) is 1. The molecule has 0 atom stereocenters. The van der Waals surface area contributed by atoms with Crippen LogP contribution >= 0.6 is 11.8 Å². The Morgan fingerprint density at radius 3 is 2.73 bits per heavy atom. The van der Waals surface area contributed by atoms with Crippen LogP contribution in [0.3, 0.4) is 0 Å². The summed E-state index contributed by atoms with van der Waals surface area (Å²) in [6.07, 6.45) is 1.03. The fraction of sp³-hybridized carbons (Fsp3) is 0.417. The number of thioether (sulfide) groups is 1. The summed E-state index contributed by atoms with van der Waals surface area (Å²) >= 11 is 1.68. The highest BCUT2D eigenvalue weighted by Gasteiger charge is 1.99. The Bertz CT molecular complexity index is 287. The maximum absolute atomic E-state index is 11.1. The quantitative estimate of drug-likeness (QED) is 0.748. The third-order valence-electron chi connectivity index (χ3n) is 1.99. The second kappa shape index (κ2) is 7.35. The molecule has 1 aromatic carbocycles. The number of rotatable bonds is 6. The third kappa shape index (κ3) is 5.47. The zero-order chi connectivity index (χ0) is 10.9. The summed E-state index contributed by atoms with van der Waals surface area (Å²) in [5, 5.41) is 2.78. The number of aryl methyl sites for hydroxylation is 1. The van der Waals surface area contributed by atoms with Crippen LogP contribution in [-0.2, 0) is 11.2 Å². The van der Waals surface area contributed by atoms with Gasteiger partial charge in [0.1, 0.15) is 0 Å². The van der Waals surface area contributed by atoms with Crippen LogP contribution in [0.5, 0.6) is 0 Å². The maximum atomic E-state index is 11.1. The van der Waals surface area contributed by atoms with Crippen LogP contribution in [0, 0.1) is 0 Å². The molecule has 0 heterocycles. The summed E-state index contributed by atoms with van der Waals surface area (Å²) in [6.45, 7) is 2.66. The molecule has 0 aliphatic rings. The Kier molecular flexibility index (Phi) is 5.93. The van der Waals surface area contributed by atoms with Crippen molar-refractivity contribution in [2.75, 3.05) is 18.1 Å². The smallest absolute Gasteiger partial charge is 0.229 e. The van der Waals surface area contributed by atoms with E-state index in [1.807, 2.05) is 25.1 Å². The number of carbonyl (C=O) groups excluding carboxylic acids is 1. The monoisotopic (exact) mass is 223 g/mol. The predicted octanol–water partition coefficient (Wildman–Crippen LogP) is 2.10. The number of hydrogen-bond acceptors (Lipinski definition) is 2. The van der Waals surface area contributed by atoms with E-state index < -0.39 is 0 Å². The molecule has 82 valence electrons. The van der Waals surface area contributed by atoms with E-state index in [0.717, 1.165) is 18.7 Å². The van der Waals surface area contributed by atoms with Gasteiger partial charge in [-0.3, -0.25) is 4.79 Å². The number of nitrogens with one attached hydrogen (secondary N) is 1. The average molecular weight is 223 g/mol. The average Bonchev–Trinajstić information content (AvgIpc) is 2.26. The van der Waals surface area contributed by atoms with Gasteiger partial charge in [-0.15, -0.1) is 0 Å². The summed E-state index contributed by atoms with van der Waals surface area (Å²) in [5.74, 6) is 1.71. The van der Waals surface area contributed by atoms with E-state index in [1.54, 1.807) is 11.8 Å². The Hall–Kier alpha value is -0.960. The molecular formula is C12H17NOS. The minimum absolute atomic E-state index is 0.135. The first-order valence-corrected chi connectivity index (χ1v) is 6.36. The van der Waals surface area contributed by atoms with Crippen LogP contribution in [0.15, 0.2) is 30.3 Å². The van der Waals surface area contributed by atoms with Gasteiger partial charge in [0.25, 0.3) is 0 Å². The molecule has 0 aliphatic carbocycles. The second-order valence-electron chi connectivity index (χ2n) is 3.24. The summed E-state index contributed by atoms with van der Waals surface area (Å²) in [6, 6.07) is 10.3. The summed E-state index contributed by atoms with van der Waals surface area (Å²) in [4.78, 5) is 11.1. The molecule has 1 amide bonds. The molecule has 0 bridgehead atoms. The lowest BCUT2D eigenvalue weighted by Crippen LogP contribution is -2.24. The highest BCUT2D eigenvalue weighted by molar-refractivity contribution is 7.99. The van der Waals surface area contributed by atoms with Crippen molar-refractivity contribution >= 4 is 17.7 Å². The standard InChI is InChI=1S/C12H17NOS/c1-2-13-12(14)10-15-9-8-11-6-4-3-5-7-11/h3-7H,2,8-10H2,1H3,(H,13,14). The van der Waals surface area contributed by atoms with Gasteiger partial charge in [-0.1, -0.05) is 30.3 Å². The van der Waals surface area contributed by atoms with Crippen LogP contribution in [0.1, 0.15) is 12.5 Å². The van der Waals surface area contributed by atoms with E-state index >= 15 is 0 Å². The van der Waals surface area contributed by atoms with Gasteiger partial charge >= 0.3 is 0 Å². The molecular weight excluding hydrogens is 206 g/mol. The van der Waals surface area contributed by atoms with E-state index in [0.29, 0.717) is 5.75 Å². The van der Waals surface area contributed by atoms with E-state index in [2.05, 4.69) is 17.4 Å². The van der Waals surface area contributed by atoms with Crippen molar-refractivity contribution in [3.63, 3.8) is 0 Å². The first-order valence-electron chi connectivity index (χ1n) is 5.21. The SMILES string of the molecule is CCNC(=O)CSCCc1ccccc1. The van der Waals surface area contributed by atoms with Gasteiger partial charge < -0.3 is 5.32 Å². The van der Waals surface area contributed by atoms with E-state index in [4.69, 9.17) is 0 Å². The molecule has 0 saturated heterocycles. The minimum atomic E-state index is 0.135. The Balaban J connectivity index is 2.10. The topological polar surface area (TPSA) is 29.1 Å². The van der Waals surface area contributed by atoms with Crippen molar-refractivity contribution in [1.82, 2.24) is 5.32 Å². The zero-order valence-electron chi connectivity index (χ0n) is 9.03. The Morgan fingerprint density at radius 2 is 2.07 bits per heavy atom. The van der Waals surface area contributed by atoms with Gasteiger partial charge in [0, 0.05) is 6.54 Å². The van der Waals surface area contributed by atoms with Crippen molar-refractivity contribution in [1.29, 1.82) is 0 Å². The van der Waals surface area contributed by atoms with E-state index in [-0.39, 0.29) is 5.91 Å². The number of amides is 1. The highest BCUT2D eigenvalue weighted by Crippen LogP contribution is 2.06. The van der Waals surface area contributed by atoms with Crippen LogP contribution in [-0.4, -0.2) is 24.0 Å². The molecule has 0 spiro atoms. The summed E-state index contributed by atoms with van der Waals surface area (Å²) in [5.41, 5.74) is 1.33. The predicted molar refractivity (Wildman–Crippen MR) is 66.2 cm³/mol. The lowest BCUT2D eigenvalue weighted by Gasteiger charge is -2.02. The van der Waals surface area contributed by atoms with Crippen molar-refractivity contribution in [2.24, 2.45) is 0 Å². The molecule has 2 nitrogen and oxygen atoms in total. The minimum Gasteiger partial charge on any atom is -0.356 e. The summed E-state index contributed by atoms with van der Waals surface area (Å²) in [7, 11) is 0. The molecule has 0 unspecified atom stereocenters. The molecule has 1 rings (SSSR count). The van der Waals surface area contributed by atoms with E-state index in [1.165, 1.54) is 5.56 Å². The molecule has 0 aliphatic heterocycles. The van der Waals surface area contributed by atoms with Crippen LogP contribution in [0.2, 0.25) is 0 Å². The molecule has 0 radical (unpaired) electrons. The van der Waals surface area contributed by atoms with Crippen LogP contribution < -0.4 is 5.32 Å². The van der Waals surface area contributed by atoms with Gasteiger partial charge in [0.2, 0.25) is 5.91 Å².